The van der Waals surface area contributed by atoms with Crippen molar-refractivity contribution in [2.75, 3.05) is 0 Å². The molecular formula is C15H10BrCl2FN2. The summed E-state index contributed by atoms with van der Waals surface area (Å²) in [6.45, 7) is 0.597. The van der Waals surface area contributed by atoms with Crippen molar-refractivity contribution < 1.29 is 4.39 Å². The van der Waals surface area contributed by atoms with Gasteiger partial charge in [-0.25, -0.2) is 9.37 Å². The summed E-state index contributed by atoms with van der Waals surface area (Å²) < 4.78 is 16.5. The van der Waals surface area contributed by atoms with Gasteiger partial charge in [-0.15, -0.1) is 11.6 Å². The third-order valence-electron chi connectivity index (χ3n) is 3.22. The van der Waals surface area contributed by atoms with E-state index in [1.165, 1.54) is 6.07 Å². The first kappa shape index (κ1) is 14.8. The van der Waals surface area contributed by atoms with Gasteiger partial charge in [-0.3, -0.25) is 0 Å². The maximum absolute atomic E-state index is 13.6. The molecule has 2 aromatic carbocycles. The van der Waals surface area contributed by atoms with E-state index < -0.39 is 5.82 Å². The van der Waals surface area contributed by atoms with E-state index >= 15 is 0 Å². The number of halogens is 4. The van der Waals surface area contributed by atoms with Crippen molar-refractivity contribution in [3.63, 3.8) is 0 Å². The molecule has 3 rings (SSSR count). The van der Waals surface area contributed by atoms with Crippen LogP contribution in [0.4, 0.5) is 4.39 Å². The summed E-state index contributed by atoms with van der Waals surface area (Å²) in [5, 5.41) is 0.0824. The van der Waals surface area contributed by atoms with Crippen molar-refractivity contribution in [2.24, 2.45) is 0 Å². The number of aromatic nitrogens is 2. The summed E-state index contributed by atoms with van der Waals surface area (Å²) in [5.41, 5.74) is 2.43. The number of rotatable bonds is 3. The van der Waals surface area contributed by atoms with Crippen molar-refractivity contribution in [3.8, 4) is 0 Å². The lowest BCUT2D eigenvalue weighted by Gasteiger charge is -2.08. The summed E-state index contributed by atoms with van der Waals surface area (Å²) in [5.74, 6) is 0.466. The minimum Gasteiger partial charge on any atom is -0.322 e. The van der Waals surface area contributed by atoms with Crippen LogP contribution in [0, 0.1) is 5.82 Å². The average molecular weight is 388 g/mol. The van der Waals surface area contributed by atoms with E-state index in [1.807, 2.05) is 28.8 Å². The van der Waals surface area contributed by atoms with Gasteiger partial charge in [-0.2, -0.15) is 0 Å². The predicted molar refractivity (Wildman–Crippen MR) is 87.5 cm³/mol. The van der Waals surface area contributed by atoms with Crippen LogP contribution in [-0.4, -0.2) is 9.55 Å². The van der Waals surface area contributed by atoms with Crippen LogP contribution < -0.4 is 0 Å². The number of hydrogen-bond donors (Lipinski definition) is 0. The Labute approximate surface area is 139 Å². The fraction of sp³-hybridized carbons (Fsp3) is 0.133. The van der Waals surface area contributed by atoms with E-state index in [0.29, 0.717) is 17.9 Å². The van der Waals surface area contributed by atoms with Gasteiger partial charge in [0, 0.05) is 17.1 Å². The molecule has 108 valence electrons. The molecule has 1 aromatic heterocycles. The number of imidazole rings is 1. The highest BCUT2D eigenvalue weighted by atomic mass is 79.9. The van der Waals surface area contributed by atoms with Gasteiger partial charge in [0.05, 0.1) is 21.9 Å². The fourth-order valence-electron chi connectivity index (χ4n) is 2.27. The van der Waals surface area contributed by atoms with Crippen LogP contribution in [0.1, 0.15) is 11.4 Å². The van der Waals surface area contributed by atoms with E-state index in [2.05, 4.69) is 20.9 Å². The van der Waals surface area contributed by atoms with E-state index in [-0.39, 0.29) is 10.9 Å². The largest absolute Gasteiger partial charge is 0.322 e. The van der Waals surface area contributed by atoms with Crippen molar-refractivity contribution in [3.05, 3.63) is 63.1 Å². The molecule has 0 saturated carbocycles. The lowest BCUT2D eigenvalue weighted by atomic mass is 10.2. The molecule has 0 fully saturated rings. The van der Waals surface area contributed by atoms with Crippen LogP contribution in [0.2, 0.25) is 5.02 Å². The zero-order valence-electron chi connectivity index (χ0n) is 10.8. The highest BCUT2D eigenvalue weighted by Gasteiger charge is 2.13. The maximum atomic E-state index is 13.6. The van der Waals surface area contributed by atoms with Crippen molar-refractivity contribution in [1.29, 1.82) is 0 Å². The quantitative estimate of drug-likeness (QED) is 0.551. The molecular weight excluding hydrogens is 378 g/mol. The molecule has 0 saturated heterocycles. The highest BCUT2D eigenvalue weighted by molar-refractivity contribution is 9.10. The maximum Gasteiger partial charge on any atom is 0.144 e. The Hall–Kier alpha value is -1.10. The molecule has 1 heterocycles. The van der Waals surface area contributed by atoms with Crippen LogP contribution >= 0.6 is 39.1 Å². The Morgan fingerprint density at radius 1 is 1.24 bits per heavy atom. The first-order valence-electron chi connectivity index (χ1n) is 6.23. The molecule has 21 heavy (non-hydrogen) atoms. The molecule has 2 nitrogen and oxygen atoms in total. The molecule has 0 aliphatic rings. The molecule has 0 N–H and O–H groups in total. The van der Waals surface area contributed by atoms with Crippen LogP contribution in [0.3, 0.4) is 0 Å². The van der Waals surface area contributed by atoms with Crippen LogP contribution in [0.5, 0.6) is 0 Å². The number of alkyl halides is 1. The highest BCUT2D eigenvalue weighted by Crippen LogP contribution is 2.25. The average Bonchev–Trinajstić information content (AvgIpc) is 2.77. The van der Waals surface area contributed by atoms with Gasteiger partial charge in [0.25, 0.3) is 0 Å². The topological polar surface area (TPSA) is 17.8 Å². The lowest BCUT2D eigenvalue weighted by molar-refractivity contribution is 0.629. The number of fused-ring (bicyclic) bond motifs is 1. The second-order valence-corrected chi connectivity index (χ2v) is 6.22. The Balaban J connectivity index is 2.14. The number of nitrogens with zero attached hydrogens (tertiary/aromatic N) is 2. The molecule has 0 bridgehead atoms. The fourth-order valence-corrected chi connectivity index (χ4v) is 3.07. The van der Waals surface area contributed by atoms with E-state index in [9.17, 15) is 4.39 Å². The predicted octanol–water partition coefficient (Wildman–Crippen LogP) is 5.38. The van der Waals surface area contributed by atoms with Gasteiger partial charge in [-0.05, 0) is 23.8 Å². The summed E-state index contributed by atoms with van der Waals surface area (Å²) in [4.78, 5) is 4.37. The Kier molecular flexibility index (Phi) is 4.20. The molecule has 0 aliphatic heterocycles. The zero-order valence-corrected chi connectivity index (χ0v) is 13.9. The Morgan fingerprint density at radius 2 is 2.05 bits per heavy atom. The minimum absolute atomic E-state index is 0.0824. The summed E-state index contributed by atoms with van der Waals surface area (Å²) in [6, 6.07) is 10.9. The first-order valence-corrected chi connectivity index (χ1v) is 7.93. The van der Waals surface area contributed by atoms with Gasteiger partial charge in [0.15, 0.2) is 0 Å². The van der Waals surface area contributed by atoms with Gasteiger partial charge in [0.1, 0.15) is 11.6 Å². The van der Waals surface area contributed by atoms with E-state index in [4.69, 9.17) is 23.2 Å². The molecule has 0 radical (unpaired) electrons. The number of hydrogen-bond acceptors (Lipinski definition) is 1. The molecule has 3 aromatic rings. The van der Waals surface area contributed by atoms with E-state index in [1.54, 1.807) is 6.07 Å². The van der Waals surface area contributed by atoms with Crippen molar-refractivity contribution >= 4 is 50.2 Å². The third-order valence-corrected chi connectivity index (χ3v) is 4.24. The summed E-state index contributed by atoms with van der Waals surface area (Å²) in [7, 11) is 0. The molecule has 0 amide bonds. The van der Waals surface area contributed by atoms with Gasteiger partial charge < -0.3 is 4.57 Å². The van der Waals surface area contributed by atoms with Crippen molar-refractivity contribution in [2.45, 2.75) is 12.4 Å². The Morgan fingerprint density at radius 3 is 2.76 bits per heavy atom. The molecule has 0 spiro atoms. The zero-order chi connectivity index (χ0) is 15.0. The molecule has 0 aliphatic carbocycles. The second kappa shape index (κ2) is 5.95. The third kappa shape index (κ3) is 2.93. The number of benzene rings is 2. The normalized spacial score (nSPS) is 11.2. The van der Waals surface area contributed by atoms with Crippen molar-refractivity contribution in [1.82, 2.24) is 9.55 Å². The van der Waals surface area contributed by atoms with Crippen LogP contribution in [0.25, 0.3) is 11.0 Å². The second-order valence-electron chi connectivity index (χ2n) is 4.63. The summed E-state index contributed by atoms with van der Waals surface area (Å²) in [6.07, 6.45) is 0. The SMILES string of the molecule is Fc1cc2nc(CCl)n(Cc3cccc(Br)c3)c2cc1Cl. The van der Waals surface area contributed by atoms with Gasteiger partial charge in [-0.1, -0.05) is 39.7 Å². The molecule has 0 unspecified atom stereocenters. The summed E-state index contributed by atoms with van der Waals surface area (Å²) >= 11 is 15.3. The lowest BCUT2D eigenvalue weighted by Crippen LogP contribution is -2.03. The smallest absolute Gasteiger partial charge is 0.144 e. The minimum atomic E-state index is -0.475. The Bertz CT molecular complexity index is 817. The first-order chi connectivity index (χ1) is 10.1. The monoisotopic (exact) mass is 386 g/mol. The van der Waals surface area contributed by atoms with Gasteiger partial charge in [0.2, 0.25) is 0 Å². The standard InChI is InChI=1S/C15H10BrCl2FN2/c16-10-3-1-2-9(4-10)8-21-14-5-11(18)12(19)6-13(14)20-15(21)7-17/h1-6H,7-8H2. The van der Waals surface area contributed by atoms with E-state index in [0.717, 1.165) is 15.6 Å². The van der Waals surface area contributed by atoms with Crippen LogP contribution in [-0.2, 0) is 12.4 Å². The molecule has 6 heteroatoms. The van der Waals surface area contributed by atoms with Crippen LogP contribution in [0.15, 0.2) is 40.9 Å². The molecule has 0 atom stereocenters. The van der Waals surface area contributed by atoms with Gasteiger partial charge >= 0.3 is 0 Å².